The molecule has 0 amide bonds. The Balaban J connectivity index is 2.02. The Morgan fingerprint density at radius 2 is 1.91 bits per heavy atom. The number of halogens is 1. The molecule has 2 heterocycles. The summed E-state index contributed by atoms with van der Waals surface area (Å²) in [4.78, 5) is 12.3. The normalized spacial score (nSPS) is 10.6. The molecule has 0 N–H and O–H groups in total. The maximum absolute atomic E-state index is 12.3. The SMILES string of the molecule is Cc1cc(-c2cccnn2)nn(Cc2ccc(Cl)cc2)c1=O. The monoisotopic (exact) mass is 312 g/mol. The molecule has 0 bridgehead atoms. The molecule has 0 fully saturated rings. The highest BCUT2D eigenvalue weighted by molar-refractivity contribution is 6.30. The molecule has 0 radical (unpaired) electrons. The zero-order chi connectivity index (χ0) is 15.5. The molecule has 110 valence electrons. The van der Waals surface area contributed by atoms with E-state index in [0.717, 1.165) is 5.56 Å². The third-order valence-corrected chi connectivity index (χ3v) is 3.49. The van der Waals surface area contributed by atoms with Crippen LogP contribution in [0.15, 0.2) is 53.5 Å². The third-order valence-electron chi connectivity index (χ3n) is 3.23. The molecule has 1 aromatic carbocycles. The van der Waals surface area contributed by atoms with Crippen LogP contribution < -0.4 is 5.56 Å². The number of hydrogen-bond acceptors (Lipinski definition) is 4. The molecule has 0 aliphatic rings. The Bertz CT molecular complexity index is 844. The van der Waals surface area contributed by atoms with Crippen molar-refractivity contribution < 1.29 is 0 Å². The van der Waals surface area contributed by atoms with E-state index in [-0.39, 0.29) is 5.56 Å². The molecular formula is C16H13ClN4O. The predicted molar refractivity (Wildman–Crippen MR) is 84.8 cm³/mol. The Morgan fingerprint density at radius 1 is 1.14 bits per heavy atom. The summed E-state index contributed by atoms with van der Waals surface area (Å²) in [5, 5.41) is 12.9. The first-order valence-corrected chi connectivity index (χ1v) is 7.12. The molecule has 3 rings (SSSR count). The summed E-state index contributed by atoms with van der Waals surface area (Å²) < 4.78 is 1.43. The van der Waals surface area contributed by atoms with Crippen LogP contribution in [0.1, 0.15) is 11.1 Å². The smallest absolute Gasteiger partial charge is 0.268 e. The summed E-state index contributed by atoms with van der Waals surface area (Å²) in [5.41, 5.74) is 2.71. The minimum Gasteiger partial charge on any atom is -0.268 e. The van der Waals surface area contributed by atoms with Crippen molar-refractivity contribution in [3.05, 3.63) is 75.2 Å². The first-order valence-electron chi connectivity index (χ1n) is 6.75. The van der Waals surface area contributed by atoms with Crippen LogP contribution in [0.25, 0.3) is 11.4 Å². The standard InChI is InChI=1S/C16H13ClN4O/c1-11-9-15(14-3-2-8-18-19-14)20-21(16(11)22)10-12-4-6-13(17)7-5-12/h2-9H,10H2,1H3. The van der Waals surface area contributed by atoms with Crippen LogP contribution in [0.2, 0.25) is 5.02 Å². The van der Waals surface area contributed by atoms with Gasteiger partial charge in [0.1, 0.15) is 11.4 Å². The van der Waals surface area contributed by atoms with Gasteiger partial charge in [-0.2, -0.15) is 10.2 Å². The lowest BCUT2D eigenvalue weighted by molar-refractivity contribution is 0.636. The summed E-state index contributed by atoms with van der Waals surface area (Å²) in [6.45, 7) is 2.15. The number of aromatic nitrogens is 4. The molecule has 0 saturated heterocycles. The second-order valence-corrected chi connectivity index (χ2v) is 5.35. The van der Waals surface area contributed by atoms with Crippen LogP contribution in [0.5, 0.6) is 0 Å². The minimum atomic E-state index is -0.123. The minimum absolute atomic E-state index is 0.123. The molecule has 3 aromatic rings. The summed E-state index contributed by atoms with van der Waals surface area (Å²) in [5.74, 6) is 0. The van der Waals surface area contributed by atoms with Crippen molar-refractivity contribution in [2.45, 2.75) is 13.5 Å². The van der Waals surface area contributed by atoms with Crippen molar-refractivity contribution in [2.75, 3.05) is 0 Å². The van der Waals surface area contributed by atoms with Gasteiger partial charge in [-0.05, 0) is 42.8 Å². The van der Waals surface area contributed by atoms with Crippen molar-refractivity contribution >= 4 is 11.6 Å². The first kappa shape index (κ1) is 14.4. The second-order valence-electron chi connectivity index (χ2n) is 4.91. The largest absolute Gasteiger partial charge is 0.270 e. The molecule has 6 heteroatoms. The van der Waals surface area contributed by atoms with E-state index >= 15 is 0 Å². The van der Waals surface area contributed by atoms with Crippen LogP contribution >= 0.6 is 11.6 Å². The molecule has 0 aliphatic heterocycles. The average Bonchev–Trinajstić information content (AvgIpc) is 2.54. The van der Waals surface area contributed by atoms with Gasteiger partial charge in [0.05, 0.1) is 6.54 Å². The van der Waals surface area contributed by atoms with Crippen LogP contribution in [-0.2, 0) is 6.54 Å². The highest BCUT2D eigenvalue weighted by Gasteiger charge is 2.09. The fraction of sp³-hybridized carbons (Fsp3) is 0.125. The number of benzene rings is 1. The van der Waals surface area contributed by atoms with Gasteiger partial charge in [-0.25, -0.2) is 4.68 Å². The van der Waals surface area contributed by atoms with Gasteiger partial charge in [-0.1, -0.05) is 23.7 Å². The van der Waals surface area contributed by atoms with Crippen LogP contribution in [0, 0.1) is 6.92 Å². The molecule has 0 spiro atoms. The lowest BCUT2D eigenvalue weighted by Gasteiger charge is -2.08. The van der Waals surface area contributed by atoms with Gasteiger partial charge in [0.25, 0.3) is 5.56 Å². The van der Waals surface area contributed by atoms with E-state index in [1.165, 1.54) is 4.68 Å². The summed E-state index contributed by atoms with van der Waals surface area (Å²) in [7, 11) is 0. The zero-order valence-electron chi connectivity index (χ0n) is 11.9. The quantitative estimate of drug-likeness (QED) is 0.746. The number of hydrogen-bond donors (Lipinski definition) is 0. The van der Waals surface area contributed by atoms with E-state index in [0.29, 0.717) is 28.5 Å². The van der Waals surface area contributed by atoms with Gasteiger partial charge < -0.3 is 0 Å². The van der Waals surface area contributed by atoms with Gasteiger partial charge in [0.15, 0.2) is 0 Å². The third kappa shape index (κ3) is 3.04. The van der Waals surface area contributed by atoms with E-state index in [9.17, 15) is 4.79 Å². The van der Waals surface area contributed by atoms with Crippen LogP contribution in [-0.4, -0.2) is 20.0 Å². The van der Waals surface area contributed by atoms with Crippen molar-refractivity contribution in [1.29, 1.82) is 0 Å². The van der Waals surface area contributed by atoms with Crippen LogP contribution in [0.3, 0.4) is 0 Å². The predicted octanol–water partition coefficient (Wildman–Crippen LogP) is 2.71. The summed E-state index contributed by atoms with van der Waals surface area (Å²) >= 11 is 5.88. The van der Waals surface area contributed by atoms with E-state index < -0.39 is 0 Å². The fourth-order valence-electron chi connectivity index (χ4n) is 2.11. The highest BCUT2D eigenvalue weighted by Crippen LogP contribution is 2.13. The number of nitrogens with zero attached hydrogens (tertiary/aromatic N) is 4. The van der Waals surface area contributed by atoms with Crippen molar-refractivity contribution in [1.82, 2.24) is 20.0 Å². The Kier molecular flexibility index (Phi) is 3.98. The van der Waals surface area contributed by atoms with Gasteiger partial charge in [-0.3, -0.25) is 4.79 Å². The van der Waals surface area contributed by atoms with Gasteiger partial charge in [0, 0.05) is 16.8 Å². The molecular weight excluding hydrogens is 300 g/mol. The van der Waals surface area contributed by atoms with E-state index in [4.69, 9.17) is 11.6 Å². The Hall–Kier alpha value is -2.53. The maximum atomic E-state index is 12.3. The molecule has 22 heavy (non-hydrogen) atoms. The van der Waals surface area contributed by atoms with Gasteiger partial charge in [0.2, 0.25) is 0 Å². The van der Waals surface area contributed by atoms with Crippen molar-refractivity contribution in [3.63, 3.8) is 0 Å². The van der Waals surface area contributed by atoms with E-state index in [2.05, 4.69) is 15.3 Å². The summed E-state index contributed by atoms with van der Waals surface area (Å²) in [6.07, 6.45) is 1.60. The topological polar surface area (TPSA) is 60.7 Å². The molecule has 0 unspecified atom stereocenters. The zero-order valence-corrected chi connectivity index (χ0v) is 12.7. The molecule has 0 saturated carbocycles. The van der Waals surface area contributed by atoms with Crippen molar-refractivity contribution in [3.8, 4) is 11.4 Å². The highest BCUT2D eigenvalue weighted by atomic mass is 35.5. The van der Waals surface area contributed by atoms with E-state index in [1.807, 2.05) is 18.2 Å². The molecule has 2 aromatic heterocycles. The number of aryl methyl sites for hydroxylation is 1. The van der Waals surface area contributed by atoms with Gasteiger partial charge >= 0.3 is 0 Å². The Morgan fingerprint density at radius 3 is 2.59 bits per heavy atom. The molecule has 0 aliphatic carbocycles. The molecule has 0 atom stereocenters. The van der Waals surface area contributed by atoms with E-state index in [1.54, 1.807) is 37.4 Å². The van der Waals surface area contributed by atoms with Crippen LogP contribution in [0.4, 0.5) is 0 Å². The lowest BCUT2D eigenvalue weighted by atomic mass is 10.2. The maximum Gasteiger partial charge on any atom is 0.270 e. The second kappa shape index (κ2) is 6.07. The average molecular weight is 313 g/mol. The first-order chi connectivity index (χ1) is 10.6. The fourth-order valence-corrected chi connectivity index (χ4v) is 2.23. The summed E-state index contributed by atoms with van der Waals surface area (Å²) in [6, 6.07) is 12.7. The number of rotatable bonds is 3. The van der Waals surface area contributed by atoms with Crippen molar-refractivity contribution in [2.24, 2.45) is 0 Å². The molecule has 5 nitrogen and oxygen atoms in total. The lowest BCUT2D eigenvalue weighted by Crippen LogP contribution is -2.25. The Labute approximate surface area is 132 Å². The van der Waals surface area contributed by atoms with Gasteiger partial charge in [-0.15, -0.1) is 5.10 Å².